The second-order valence-electron chi connectivity index (χ2n) is 22.5. The van der Waals surface area contributed by atoms with Gasteiger partial charge < -0.3 is 10.1 Å². The first-order valence-electron chi connectivity index (χ1n) is 28.7. The first-order valence-corrected chi connectivity index (χ1v) is 34.4. The highest BCUT2D eigenvalue weighted by atomic mass is 35.5. The predicted octanol–water partition coefficient (Wildman–Crippen LogP) is 16.6. The molecule has 0 bridgehead atoms. The molecule has 496 valence electrons. The van der Waals surface area contributed by atoms with Crippen LogP contribution < -0.4 is 19.9 Å². The number of hydrogen-bond donors (Lipinski definition) is 3. The number of sulfonamides is 2. The van der Waals surface area contributed by atoms with Crippen LogP contribution in [0.2, 0.25) is 0 Å². The van der Waals surface area contributed by atoms with Crippen molar-refractivity contribution in [2.75, 3.05) is 13.1 Å². The summed E-state index contributed by atoms with van der Waals surface area (Å²) in [5.74, 6) is 2.26. The van der Waals surface area contributed by atoms with Crippen LogP contribution in [0.25, 0.3) is 5.57 Å². The number of piperidine rings is 1. The van der Waals surface area contributed by atoms with Crippen molar-refractivity contribution < 1.29 is 55.1 Å². The number of hydrogen-bond acceptors (Lipinski definition) is 13. The monoisotopic (exact) mass is 1400 g/mol. The highest BCUT2D eigenvalue weighted by Gasteiger charge is 2.37. The maximum Gasteiger partial charge on any atom is 0.241 e. The van der Waals surface area contributed by atoms with Gasteiger partial charge in [-0.2, -0.15) is 0 Å². The SMILES string of the molecule is CC(=O)Cl.CC(C)C(=O)Cl.CC(C)CC(=O)Cl.CC(C)CCC(=O)Cl.CC(C)c1ccc(S(=O)(=O)NC(C)(C)C)cc1.CCC(C)C(=O)Cl.CCCC(=O)Cl.CCCCC(=O)Cl.NS(=O)(=O)c1ccc(C2=CC3(CCNCC3)Oc3ccccc32)cc1. The van der Waals surface area contributed by atoms with E-state index >= 15 is 0 Å². The Kier molecular flexibility index (Phi) is 50.2. The molecular formula is C63H96Cl7N3O12S2. The van der Waals surface area contributed by atoms with Gasteiger partial charge in [0.1, 0.15) is 11.4 Å². The van der Waals surface area contributed by atoms with Gasteiger partial charge in [0.2, 0.25) is 56.7 Å². The average Bonchev–Trinajstić information content (AvgIpc) is 0.942. The Morgan fingerprint density at radius 2 is 1.09 bits per heavy atom. The van der Waals surface area contributed by atoms with Gasteiger partial charge in [-0.25, -0.2) is 26.7 Å². The minimum Gasteiger partial charge on any atom is -0.482 e. The van der Waals surface area contributed by atoms with Gasteiger partial charge in [-0.3, -0.25) is 33.6 Å². The molecule has 3 aromatic rings. The zero-order valence-electron chi connectivity index (χ0n) is 53.5. The van der Waals surface area contributed by atoms with Crippen LogP contribution in [0.5, 0.6) is 5.75 Å². The van der Waals surface area contributed by atoms with E-state index in [-0.39, 0.29) is 59.0 Å². The summed E-state index contributed by atoms with van der Waals surface area (Å²) in [7, 11) is -7.10. The molecule has 4 N–H and O–H groups in total. The van der Waals surface area contributed by atoms with Crippen LogP contribution in [-0.4, -0.2) is 77.8 Å². The molecule has 1 saturated heterocycles. The van der Waals surface area contributed by atoms with E-state index in [0.717, 1.165) is 86.0 Å². The molecule has 87 heavy (non-hydrogen) atoms. The van der Waals surface area contributed by atoms with Crippen molar-refractivity contribution in [1.82, 2.24) is 10.0 Å². The fraction of sp³-hybridized carbons (Fsp3) is 0.571. The van der Waals surface area contributed by atoms with Crippen LogP contribution in [-0.2, 0) is 53.6 Å². The van der Waals surface area contributed by atoms with Gasteiger partial charge in [-0.1, -0.05) is 132 Å². The molecule has 2 aliphatic heterocycles. The van der Waals surface area contributed by atoms with Gasteiger partial charge in [-0.05, 0) is 212 Å². The van der Waals surface area contributed by atoms with E-state index in [2.05, 4.69) is 55.4 Å². The Bertz CT molecular complexity index is 2760. The first kappa shape index (κ1) is 90.1. The van der Waals surface area contributed by atoms with Crippen LogP contribution in [0.15, 0.2) is 88.7 Å². The standard InChI is InChI=1S/C19H20N2O3S.C13H21NO2S.C6H11ClO.3C5H9ClO.2C4H7ClO.C2H3ClO/c20-25(22,23)15-7-5-14(6-8-15)17-13-19(9-11-21-12-10-19)24-18-4-2-1-3-16(17)18;1-10(2)11-6-8-12(9-7-11)17(15,16)14-13(3,4)5;1-5(2)3-4-6(7)8;1-4(2)3-5(6)7;1-3-4(2)5(6)7;1-2-3-4-5(6)7;1-3(2)4(5)6;1-2-3-4(5)6;1-2(3)4/h1-8,13,21H,9-12H2,(H2,20,22,23);6-10,14H,1-5H3;5H,3-4H2,1-2H3;2*4H,3H2,1-2H3;2-4H2,1H3;3H,1-2H3;2-3H2,1H3;1H3. The molecule has 1 atom stereocenters. The minimum atomic E-state index is -3.69. The molecular weight excluding hydrogens is 1300 g/mol. The number of ether oxygens (including phenoxy) is 1. The zero-order valence-corrected chi connectivity index (χ0v) is 60.4. The summed E-state index contributed by atoms with van der Waals surface area (Å²) in [6, 6.07) is 21.7. The normalized spacial score (nSPS) is 13.0. The lowest BCUT2D eigenvalue weighted by Crippen LogP contribution is -2.46. The fourth-order valence-corrected chi connectivity index (χ4v) is 9.25. The zero-order chi connectivity index (χ0) is 68.5. The number of nitrogens with two attached hydrogens (primary N) is 1. The summed E-state index contributed by atoms with van der Waals surface area (Å²) < 4.78 is 56.0. The summed E-state index contributed by atoms with van der Waals surface area (Å²) in [6.45, 7) is 32.0. The number of rotatable bonds is 18. The number of halogens is 7. The largest absolute Gasteiger partial charge is 0.482 e. The van der Waals surface area contributed by atoms with Gasteiger partial charge in [-0.15, -0.1) is 0 Å². The molecule has 0 aromatic heterocycles. The summed E-state index contributed by atoms with van der Waals surface area (Å²) in [5, 5.41) is 6.79. The quantitative estimate of drug-likeness (QED) is 0.100. The molecule has 24 heteroatoms. The molecule has 0 radical (unpaired) electrons. The van der Waals surface area contributed by atoms with E-state index in [1.165, 1.54) is 6.92 Å². The van der Waals surface area contributed by atoms with Gasteiger partial charge >= 0.3 is 0 Å². The van der Waals surface area contributed by atoms with Gasteiger partial charge in [0.25, 0.3) is 0 Å². The molecule has 2 aliphatic rings. The Morgan fingerprint density at radius 3 is 1.38 bits per heavy atom. The lowest BCUT2D eigenvalue weighted by molar-refractivity contribution is -0.115. The second-order valence-corrected chi connectivity index (χ2v) is 28.7. The molecule has 1 unspecified atom stereocenters. The molecule has 0 saturated carbocycles. The van der Waals surface area contributed by atoms with E-state index in [1.54, 1.807) is 38.1 Å². The topological polar surface area (TPSA) is 247 Å². The van der Waals surface area contributed by atoms with Crippen molar-refractivity contribution in [3.05, 3.63) is 95.6 Å². The van der Waals surface area contributed by atoms with Crippen LogP contribution in [0.1, 0.15) is 204 Å². The van der Waals surface area contributed by atoms with Crippen molar-refractivity contribution in [3.63, 3.8) is 0 Å². The average molecular weight is 1400 g/mol. The highest BCUT2D eigenvalue weighted by Crippen LogP contribution is 2.42. The number of para-hydroxylation sites is 1. The smallest absolute Gasteiger partial charge is 0.241 e. The molecule has 1 fully saturated rings. The van der Waals surface area contributed by atoms with E-state index in [1.807, 2.05) is 111 Å². The number of carbonyl (C=O) groups is 7. The van der Waals surface area contributed by atoms with Gasteiger partial charge in [0.05, 0.1) is 9.79 Å². The molecule has 5 rings (SSSR count). The lowest BCUT2D eigenvalue weighted by Gasteiger charge is -2.40. The third kappa shape index (κ3) is 50.1. The fourth-order valence-electron chi connectivity index (χ4n) is 6.42. The maximum atomic E-state index is 12.0. The summed E-state index contributed by atoms with van der Waals surface area (Å²) >= 11 is 34.8. The molecule has 0 aliphatic carbocycles. The van der Waals surface area contributed by atoms with E-state index < -0.39 is 25.6 Å². The first-order chi connectivity index (χ1) is 39.9. The van der Waals surface area contributed by atoms with Gasteiger partial charge in [0.15, 0.2) is 0 Å². The second kappa shape index (κ2) is 48.5. The van der Waals surface area contributed by atoms with Crippen molar-refractivity contribution in [1.29, 1.82) is 0 Å². The van der Waals surface area contributed by atoms with E-state index in [9.17, 15) is 50.4 Å². The lowest BCUT2D eigenvalue weighted by atomic mass is 9.83. The number of benzene rings is 3. The Balaban J connectivity index is -0.000000485. The van der Waals surface area contributed by atoms with Gasteiger partial charge in [0, 0.05) is 68.4 Å². The minimum absolute atomic E-state index is 0.0216. The third-order valence-electron chi connectivity index (χ3n) is 11.3. The Morgan fingerprint density at radius 1 is 0.632 bits per heavy atom. The number of carbonyl (C=O) groups excluding carboxylic acids is 7. The third-order valence-corrected chi connectivity index (χ3v) is 15.5. The van der Waals surface area contributed by atoms with E-state index in [4.69, 9.17) is 79.5 Å². The predicted molar refractivity (Wildman–Crippen MR) is 361 cm³/mol. The molecule has 1 spiro atoms. The summed E-state index contributed by atoms with van der Waals surface area (Å²) in [6.07, 6.45) is 10.6. The Labute approximate surface area is 556 Å². The number of unbranched alkanes of at least 4 members (excludes halogenated alkanes) is 1. The highest BCUT2D eigenvalue weighted by molar-refractivity contribution is 7.89. The summed E-state index contributed by atoms with van der Waals surface area (Å²) in [5.41, 5.74) is 3.42. The number of fused-ring (bicyclic) bond motifs is 1. The Hall–Kier alpha value is -3.30. The molecule has 0 amide bonds. The van der Waals surface area contributed by atoms with Crippen molar-refractivity contribution in [3.8, 4) is 5.75 Å². The van der Waals surface area contributed by atoms with Crippen LogP contribution >= 0.6 is 81.2 Å². The van der Waals surface area contributed by atoms with Crippen LogP contribution in [0, 0.1) is 23.7 Å². The number of primary sulfonamides is 1. The maximum absolute atomic E-state index is 12.0. The van der Waals surface area contributed by atoms with E-state index in [0.29, 0.717) is 48.3 Å². The molecule has 3 aromatic carbocycles. The van der Waals surface area contributed by atoms with Crippen molar-refractivity contribution in [2.45, 2.75) is 208 Å². The molecule has 2 heterocycles. The molecule has 15 nitrogen and oxygen atoms in total. The summed E-state index contributed by atoms with van der Waals surface area (Å²) in [4.78, 5) is 69.6. The number of nitrogens with one attached hydrogen (secondary N) is 2. The van der Waals surface area contributed by atoms with Crippen LogP contribution in [0.4, 0.5) is 0 Å². The van der Waals surface area contributed by atoms with Crippen molar-refractivity contribution >= 4 is 144 Å². The van der Waals surface area contributed by atoms with Crippen molar-refractivity contribution in [2.24, 2.45) is 28.8 Å². The van der Waals surface area contributed by atoms with Crippen LogP contribution in [0.3, 0.4) is 0 Å².